The zero-order valence-electron chi connectivity index (χ0n) is 18.6. The standard InChI is InChI=1S/C25H29N3O3S/c1-17-13-18(2)15-19(14-17)26-22(29)16-28-20-9-5-6-10-21(20)32-23(25(28)31)24(30)27-11-7-3-4-8-12-27/h5-6,9-10,13-15,23H,3-4,7-8,11-12,16H2,1-2H3,(H,26,29)/t23-/m1/s1. The number of carbonyl (C=O) groups excluding carboxylic acids is 3. The van der Waals surface area contributed by atoms with Gasteiger partial charge in [-0.3, -0.25) is 14.4 Å². The summed E-state index contributed by atoms with van der Waals surface area (Å²) < 4.78 is 0. The molecular weight excluding hydrogens is 422 g/mol. The predicted octanol–water partition coefficient (Wildman–Crippen LogP) is 4.15. The average molecular weight is 452 g/mol. The number of nitrogens with one attached hydrogen (secondary N) is 1. The minimum Gasteiger partial charge on any atom is -0.341 e. The molecule has 0 aliphatic carbocycles. The van der Waals surface area contributed by atoms with Crippen LogP contribution in [-0.2, 0) is 14.4 Å². The Hall–Kier alpha value is -2.80. The highest BCUT2D eigenvalue weighted by molar-refractivity contribution is 8.01. The minimum atomic E-state index is -0.850. The lowest BCUT2D eigenvalue weighted by molar-refractivity contribution is -0.135. The van der Waals surface area contributed by atoms with Crippen molar-refractivity contribution in [2.75, 3.05) is 29.9 Å². The number of fused-ring (bicyclic) bond motifs is 1. The van der Waals surface area contributed by atoms with Crippen molar-refractivity contribution in [3.8, 4) is 0 Å². The number of likely N-dealkylation sites (tertiary alicyclic amines) is 1. The van der Waals surface area contributed by atoms with Crippen molar-refractivity contribution in [2.24, 2.45) is 0 Å². The lowest BCUT2D eigenvalue weighted by Gasteiger charge is -2.34. The van der Waals surface area contributed by atoms with Gasteiger partial charge >= 0.3 is 0 Å². The molecule has 1 atom stereocenters. The molecule has 1 saturated heterocycles. The van der Waals surface area contributed by atoms with Crippen LogP contribution in [0.1, 0.15) is 36.8 Å². The molecule has 1 N–H and O–H groups in total. The van der Waals surface area contributed by atoms with E-state index in [2.05, 4.69) is 5.32 Å². The number of benzene rings is 2. The third-order valence-corrected chi connectivity index (χ3v) is 7.08. The maximum absolute atomic E-state index is 13.4. The van der Waals surface area contributed by atoms with Crippen LogP contribution in [0.2, 0.25) is 0 Å². The van der Waals surface area contributed by atoms with Crippen molar-refractivity contribution in [2.45, 2.75) is 49.7 Å². The van der Waals surface area contributed by atoms with Gasteiger partial charge in [0.2, 0.25) is 11.8 Å². The van der Waals surface area contributed by atoms with E-state index < -0.39 is 5.25 Å². The number of amides is 3. The molecule has 0 spiro atoms. The fourth-order valence-electron chi connectivity index (χ4n) is 4.38. The van der Waals surface area contributed by atoms with Crippen LogP contribution >= 0.6 is 11.8 Å². The van der Waals surface area contributed by atoms with E-state index >= 15 is 0 Å². The average Bonchev–Trinajstić information content (AvgIpc) is 3.04. The topological polar surface area (TPSA) is 69.7 Å². The maximum Gasteiger partial charge on any atom is 0.250 e. The Morgan fingerprint density at radius 2 is 1.66 bits per heavy atom. The summed E-state index contributed by atoms with van der Waals surface area (Å²) in [7, 11) is 0. The molecule has 2 aromatic rings. The molecule has 168 valence electrons. The van der Waals surface area contributed by atoms with Crippen LogP contribution in [0.5, 0.6) is 0 Å². The summed E-state index contributed by atoms with van der Waals surface area (Å²) in [4.78, 5) is 43.7. The van der Waals surface area contributed by atoms with Gasteiger partial charge in [0.1, 0.15) is 6.54 Å². The molecule has 2 aromatic carbocycles. The Kier molecular flexibility index (Phi) is 6.84. The van der Waals surface area contributed by atoms with Gasteiger partial charge in [-0.25, -0.2) is 0 Å². The molecule has 2 heterocycles. The van der Waals surface area contributed by atoms with E-state index in [9.17, 15) is 14.4 Å². The van der Waals surface area contributed by atoms with Crippen molar-refractivity contribution in [1.82, 2.24) is 4.90 Å². The molecule has 32 heavy (non-hydrogen) atoms. The van der Waals surface area contributed by atoms with Crippen LogP contribution < -0.4 is 10.2 Å². The fraction of sp³-hybridized carbons (Fsp3) is 0.400. The van der Waals surface area contributed by atoms with Gasteiger partial charge in [-0.15, -0.1) is 11.8 Å². The molecule has 1 fully saturated rings. The van der Waals surface area contributed by atoms with E-state index in [0.717, 1.165) is 41.7 Å². The summed E-state index contributed by atoms with van der Waals surface area (Å²) >= 11 is 1.30. The third kappa shape index (κ3) is 4.99. The van der Waals surface area contributed by atoms with Gasteiger partial charge in [0.15, 0.2) is 5.25 Å². The van der Waals surface area contributed by atoms with Crippen molar-refractivity contribution in [3.05, 3.63) is 53.6 Å². The Bertz CT molecular complexity index is 1010. The van der Waals surface area contributed by atoms with E-state index in [0.29, 0.717) is 24.5 Å². The smallest absolute Gasteiger partial charge is 0.250 e. The number of carbonyl (C=O) groups is 3. The van der Waals surface area contributed by atoms with Crippen LogP contribution in [0.3, 0.4) is 0 Å². The number of para-hydroxylation sites is 1. The van der Waals surface area contributed by atoms with E-state index in [4.69, 9.17) is 0 Å². The van der Waals surface area contributed by atoms with Crippen molar-refractivity contribution >= 4 is 40.9 Å². The van der Waals surface area contributed by atoms with Crippen molar-refractivity contribution in [3.63, 3.8) is 0 Å². The second-order valence-corrected chi connectivity index (χ2v) is 9.70. The van der Waals surface area contributed by atoms with Crippen LogP contribution in [-0.4, -0.2) is 47.5 Å². The number of thioether (sulfide) groups is 1. The number of hydrogen-bond donors (Lipinski definition) is 1. The van der Waals surface area contributed by atoms with Crippen LogP contribution in [0.15, 0.2) is 47.4 Å². The molecule has 0 unspecified atom stereocenters. The summed E-state index contributed by atoms with van der Waals surface area (Å²) in [6.07, 6.45) is 4.16. The molecule has 2 aliphatic rings. The SMILES string of the molecule is Cc1cc(C)cc(NC(=O)CN2C(=O)[C@@H](C(=O)N3CCCCCC3)Sc3ccccc32)c1. The van der Waals surface area contributed by atoms with Gasteiger partial charge in [0, 0.05) is 23.7 Å². The second-order valence-electron chi connectivity index (χ2n) is 8.55. The molecule has 0 saturated carbocycles. The Balaban J connectivity index is 1.55. The van der Waals surface area contributed by atoms with Gasteiger partial charge in [-0.05, 0) is 62.1 Å². The highest BCUT2D eigenvalue weighted by Gasteiger charge is 2.40. The zero-order chi connectivity index (χ0) is 22.7. The number of rotatable bonds is 4. The van der Waals surface area contributed by atoms with Crippen LogP contribution in [0.4, 0.5) is 11.4 Å². The van der Waals surface area contributed by atoms with Gasteiger partial charge in [0.25, 0.3) is 5.91 Å². The predicted molar refractivity (Wildman–Crippen MR) is 128 cm³/mol. The highest BCUT2D eigenvalue weighted by atomic mass is 32.2. The molecule has 0 aromatic heterocycles. The van der Waals surface area contributed by atoms with Crippen molar-refractivity contribution < 1.29 is 14.4 Å². The number of anilines is 2. The lowest BCUT2D eigenvalue weighted by Crippen LogP contribution is -2.51. The normalized spacial score (nSPS) is 18.7. The largest absolute Gasteiger partial charge is 0.341 e. The van der Waals surface area contributed by atoms with Gasteiger partial charge in [0.05, 0.1) is 5.69 Å². The molecule has 7 heteroatoms. The summed E-state index contributed by atoms with van der Waals surface area (Å²) in [6.45, 7) is 5.20. The molecule has 0 radical (unpaired) electrons. The molecule has 6 nitrogen and oxygen atoms in total. The molecule has 0 bridgehead atoms. The molecule has 4 rings (SSSR count). The molecule has 2 aliphatic heterocycles. The van der Waals surface area contributed by atoms with E-state index in [-0.39, 0.29) is 24.3 Å². The van der Waals surface area contributed by atoms with Gasteiger partial charge in [-0.1, -0.05) is 31.0 Å². The summed E-state index contributed by atoms with van der Waals surface area (Å²) in [5.41, 5.74) is 3.49. The Morgan fingerprint density at radius 1 is 1.00 bits per heavy atom. The fourth-order valence-corrected chi connectivity index (χ4v) is 5.57. The molecule has 3 amide bonds. The van der Waals surface area contributed by atoms with Gasteiger partial charge < -0.3 is 15.1 Å². The lowest BCUT2D eigenvalue weighted by atomic mass is 10.1. The zero-order valence-corrected chi connectivity index (χ0v) is 19.4. The number of nitrogens with zero attached hydrogens (tertiary/aromatic N) is 2. The summed E-state index contributed by atoms with van der Waals surface area (Å²) in [5.74, 6) is -0.749. The van der Waals surface area contributed by atoms with E-state index in [1.54, 1.807) is 0 Å². The monoisotopic (exact) mass is 451 g/mol. The van der Waals surface area contributed by atoms with E-state index in [1.807, 2.05) is 61.2 Å². The quantitative estimate of drug-likeness (QED) is 0.709. The molecular formula is C25H29N3O3S. The maximum atomic E-state index is 13.4. The Morgan fingerprint density at radius 3 is 2.34 bits per heavy atom. The summed E-state index contributed by atoms with van der Waals surface area (Å²) in [5, 5.41) is 2.05. The van der Waals surface area contributed by atoms with E-state index in [1.165, 1.54) is 16.7 Å². The van der Waals surface area contributed by atoms with Crippen molar-refractivity contribution in [1.29, 1.82) is 0 Å². The first-order chi connectivity index (χ1) is 15.4. The summed E-state index contributed by atoms with van der Waals surface area (Å²) in [6, 6.07) is 13.3. The Labute approximate surface area is 193 Å². The first kappa shape index (κ1) is 22.4. The second kappa shape index (κ2) is 9.77. The minimum absolute atomic E-state index is 0.132. The van der Waals surface area contributed by atoms with Crippen LogP contribution in [0, 0.1) is 13.8 Å². The third-order valence-electron chi connectivity index (χ3n) is 5.84. The first-order valence-corrected chi connectivity index (χ1v) is 12.0. The van der Waals surface area contributed by atoms with Crippen LogP contribution in [0.25, 0.3) is 0 Å². The first-order valence-electron chi connectivity index (χ1n) is 11.2. The highest BCUT2D eigenvalue weighted by Crippen LogP contribution is 2.39. The van der Waals surface area contributed by atoms with Gasteiger partial charge in [-0.2, -0.15) is 0 Å². The number of aryl methyl sites for hydroxylation is 2. The number of hydrogen-bond acceptors (Lipinski definition) is 4.